The molecular weight excluding hydrogens is 717 g/mol. The number of hydrogen-bond donors (Lipinski definition) is 3. The quantitative estimate of drug-likeness (QED) is 0.0801. The van der Waals surface area contributed by atoms with Crippen LogP contribution in [-0.2, 0) is 28.7 Å². The molecule has 13 heteroatoms. The van der Waals surface area contributed by atoms with Crippen molar-refractivity contribution in [2.75, 3.05) is 54.7 Å². The molecule has 0 saturated carbocycles. The number of ether oxygens (including phenoxy) is 2. The number of nitrogens with zero attached hydrogens (tertiary/aromatic N) is 3. The number of nitrogens with one attached hydrogen (secondary N) is 2. The second-order valence-electron chi connectivity index (χ2n) is 15.7. The molecular formula is C42H78N6O6S. The van der Waals surface area contributed by atoms with Gasteiger partial charge in [-0.25, -0.2) is 0 Å². The third-order valence-corrected chi connectivity index (χ3v) is 11.3. The molecule has 0 bridgehead atoms. The Hall–Kier alpha value is -2.71. The van der Waals surface area contributed by atoms with Gasteiger partial charge in [-0.3, -0.25) is 24.0 Å². The maximum absolute atomic E-state index is 13.4. The number of nitrogen functional groups attached to an aromatic ring is 1. The molecule has 1 aliphatic heterocycles. The minimum atomic E-state index is -0.644. The monoisotopic (exact) mass is 795 g/mol. The molecule has 1 heterocycles. The first-order chi connectivity index (χ1) is 25.9. The number of nitrogens with two attached hydrogens (primary N) is 1. The number of rotatable bonds is 20. The number of hydrogen-bond acceptors (Lipinski definition) is 10. The zero-order chi connectivity index (χ0) is 42.4. The second kappa shape index (κ2) is 27.8. The molecule has 8 atom stereocenters. The third kappa shape index (κ3) is 17.5. The standard InChI is InChI=1S/C22H43N3O4.C16H25N3O2S.C4H10/c1-11-16(6)20(17(29-10)12-13-26)25(9)22(28)18(14(2)3)23-21(27)19(15(4)5)24(7)8;1-11(15(21-3)14-5-4-10-19(14)2)16(20)18-22-13-8-6-12(17)7-9-13;1-3-4-2/h13-20H,11-12H2,1-10H3,(H,23,27);6-9,11,14-15H,4-5,10,17H2,1-3H3,(H,18,20);3-4H2,1-2H3. The lowest BCUT2D eigenvalue weighted by Crippen LogP contribution is -2.59. The van der Waals surface area contributed by atoms with Crippen molar-refractivity contribution in [2.24, 2.45) is 23.7 Å². The van der Waals surface area contributed by atoms with E-state index < -0.39 is 6.04 Å². The lowest BCUT2D eigenvalue weighted by Gasteiger charge is -2.40. The van der Waals surface area contributed by atoms with Gasteiger partial charge in [0.1, 0.15) is 12.3 Å². The van der Waals surface area contributed by atoms with Gasteiger partial charge in [-0.2, -0.15) is 0 Å². The highest BCUT2D eigenvalue weighted by Crippen LogP contribution is 2.26. The Labute approximate surface area is 338 Å². The van der Waals surface area contributed by atoms with Gasteiger partial charge < -0.3 is 35.1 Å². The number of carbonyl (C=O) groups is 4. The lowest BCUT2D eigenvalue weighted by molar-refractivity contribution is -0.144. The largest absolute Gasteiger partial charge is 0.399 e. The van der Waals surface area contributed by atoms with Crippen LogP contribution in [0.3, 0.4) is 0 Å². The molecule has 0 spiro atoms. The van der Waals surface area contributed by atoms with Crippen molar-refractivity contribution in [3.8, 4) is 0 Å². The topological polar surface area (TPSA) is 147 Å². The Morgan fingerprint density at radius 2 is 1.53 bits per heavy atom. The van der Waals surface area contributed by atoms with E-state index in [0.717, 1.165) is 37.0 Å². The smallest absolute Gasteiger partial charge is 0.245 e. The van der Waals surface area contributed by atoms with E-state index in [1.165, 1.54) is 24.8 Å². The number of unbranched alkanes of at least 4 members (excludes halogenated alkanes) is 1. The van der Waals surface area contributed by atoms with Gasteiger partial charge in [0.25, 0.3) is 0 Å². The SMILES string of the molecule is CCC(C)C(C(CC=O)OC)N(C)C(=O)C(NC(=O)C(C(C)C)N(C)C)C(C)C.CCCC.COC(C(C)C(=O)NSc1ccc(N)cc1)C1CCCN1C. The number of likely N-dealkylation sites (tertiary alicyclic amines) is 1. The van der Waals surface area contributed by atoms with Gasteiger partial charge in [0.15, 0.2) is 0 Å². The van der Waals surface area contributed by atoms with E-state index in [2.05, 4.69) is 49.7 Å². The Morgan fingerprint density at radius 1 is 0.945 bits per heavy atom. The second-order valence-corrected chi connectivity index (χ2v) is 16.6. The number of likely N-dealkylation sites (N-methyl/N-ethyl adjacent to an activating group) is 3. The van der Waals surface area contributed by atoms with Crippen molar-refractivity contribution >= 4 is 41.6 Å². The summed E-state index contributed by atoms with van der Waals surface area (Å²) in [6.45, 7) is 19.3. The molecule has 55 heavy (non-hydrogen) atoms. The van der Waals surface area contributed by atoms with Crippen molar-refractivity contribution in [3.63, 3.8) is 0 Å². The summed E-state index contributed by atoms with van der Waals surface area (Å²) >= 11 is 1.31. The average molecular weight is 795 g/mol. The van der Waals surface area contributed by atoms with Crippen LogP contribution < -0.4 is 15.8 Å². The van der Waals surface area contributed by atoms with Gasteiger partial charge in [-0.1, -0.05) is 81.6 Å². The first-order valence-electron chi connectivity index (χ1n) is 20.1. The maximum Gasteiger partial charge on any atom is 0.245 e. The Morgan fingerprint density at radius 3 is 1.93 bits per heavy atom. The summed E-state index contributed by atoms with van der Waals surface area (Å²) < 4.78 is 14.1. The van der Waals surface area contributed by atoms with Gasteiger partial charge in [-0.05, 0) is 94.5 Å². The van der Waals surface area contributed by atoms with Crippen LogP contribution >= 0.6 is 11.9 Å². The van der Waals surface area contributed by atoms with Crippen molar-refractivity contribution in [1.29, 1.82) is 0 Å². The highest BCUT2D eigenvalue weighted by atomic mass is 32.2. The number of carbonyl (C=O) groups excluding carboxylic acids is 4. The van der Waals surface area contributed by atoms with E-state index in [1.807, 2.05) is 77.9 Å². The molecule has 0 radical (unpaired) electrons. The third-order valence-electron chi connectivity index (χ3n) is 10.5. The summed E-state index contributed by atoms with van der Waals surface area (Å²) in [5.41, 5.74) is 6.37. The predicted octanol–water partition coefficient (Wildman–Crippen LogP) is 6.13. The number of aldehydes is 1. The Kier molecular flexibility index (Phi) is 26.4. The van der Waals surface area contributed by atoms with E-state index in [1.54, 1.807) is 26.2 Å². The molecule has 8 unspecified atom stereocenters. The van der Waals surface area contributed by atoms with Gasteiger partial charge in [0, 0.05) is 44.3 Å². The molecule has 12 nitrogen and oxygen atoms in total. The number of anilines is 1. The summed E-state index contributed by atoms with van der Waals surface area (Å²) in [6.07, 6.45) is 6.30. The van der Waals surface area contributed by atoms with Crippen LogP contribution in [0.15, 0.2) is 29.2 Å². The first-order valence-corrected chi connectivity index (χ1v) is 20.9. The molecule has 318 valence electrons. The lowest BCUT2D eigenvalue weighted by atomic mass is 9.90. The molecule has 1 aliphatic rings. The van der Waals surface area contributed by atoms with Crippen LogP contribution in [0.25, 0.3) is 0 Å². The molecule has 4 N–H and O–H groups in total. The van der Waals surface area contributed by atoms with E-state index in [4.69, 9.17) is 15.2 Å². The van der Waals surface area contributed by atoms with Crippen LogP contribution in [0.2, 0.25) is 0 Å². The first kappa shape index (κ1) is 52.3. The molecule has 2 rings (SSSR count). The predicted molar refractivity (Wildman–Crippen MR) is 228 cm³/mol. The summed E-state index contributed by atoms with van der Waals surface area (Å²) in [7, 11) is 10.8. The number of benzene rings is 1. The molecule has 1 aromatic rings. The fourth-order valence-corrected chi connectivity index (χ4v) is 7.57. The van der Waals surface area contributed by atoms with Crippen LogP contribution in [0.4, 0.5) is 5.69 Å². The molecule has 3 amide bonds. The van der Waals surface area contributed by atoms with Gasteiger partial charge in [0.2, 0.25) is 17.7 Å². The number of methoxy groups -OCH3 is 2. The van der Waals surface area contributed by atoms with E-state index >= 15 is 0 Å². The molecule has 1 saturated heterocycles. The van der Waals surface area contributed by atoms with E-state index in [0.29, 0.717) is 11.7 Å². The van der Waals surface area contributed by atoms with Crippen LogP contribution in [0, 0.1) is 23.7 Å². The van der Waals surface area contributed by atoms with Crippen molar-refractivity contribution in [3.05, 3.63) is 24.3 Å². The van der Waals surface area contributed by atoms with Gasteiger partial charge in [-0.15, -0.1) is 0 Å². The van der Waals surface area contributed by atoms with E-state index in [9.17, 15) is 19.2 Å². The number of amides is 3. The van der Waals surface area contributed by atoms with E-state index in [-0.39, 0.29) is 72.1 Å². The highest BCUT2D eigenvalue weighted by molar-refractivity contribution is 7.98. The van der Waals surface area contributed by atoms with Crippen LogP contribution in [0.1, 0.15) is 101 Å². The highest BCUT2D eigenvalue weighted by Gasteiger charge is 2.38. The summed E-state index contributed by atoms with van der Waals surface area (Å²) in [5.74, 6) is -0.333. The average Bonchev–Trinajstić information content (AvgIpc) is 3.57. The molecule has 0 aliphatic carbocycles. The normalized spacial score (nSPS) is 18.1. The maximum atomic E-state index is 13.4. The van der Waals surface area contributed by atoms with Crippen molar-refractivity contribution in [1.82, 2.24) is 24.7 Å². The molecule has 1 fully saturated rings. The Balaban J connectivity index is 0.000000990. The van der Waals surface area contributed by atoms with Crippen LogP contribution in [-0.4, -0.2) is 124 Å². The minimum Gasteiger partial charge on any atom is -0.399 e. The summed E-state index contributed by atoms with van der Waals surface area (Å²) in [6, 6.07) is 6.53. The molecule has 0 aromatic heterocycles. The van der Waals surface area contributed by atoms with Crippen molar-refractivity contribution in [2.45, 2.75) is 142 Å². The van der Waals surface area contributed by atoms with Gasteiger partial charge in [0.05, 0.1) is 30.2 Å². The molecule has 1 aromatic carbocycles. The van der Waals surface area contributed by atoms with Crippen molar-refractivity contribution < 1.29 is 28.7 Å². The fourth-order valence-electron chi connectivity index (χ4n) is 6.89. The van der Waals surface area contributed by atoms with Crippen LogP contribution in [0.5, 0.6) is 0 Å². The zero-order valence-corrected chi connectivity index (χ0v) is 37.7. The Bertz CT molecular complexity index is 1230. The zero-order valence-electron chi connectivity index (χ0n) is 36.9. The summed E-state index contributed by atoms with van der Waals surface area (Å²) in [4.78, 5) is 56.6. The summed E-state index contributed by atoms with van der Waals surface area (Å²) in [5, 5.41) is 2.98. The minimum absolute atomic E-state index is 0.00558. The fraction of sp³-hybridized carbons (Fsp3) is 0.762. The van der Waals surface area contributed by atoms with Gasteiger partial charge >= 0.3 is 0 Å².